The molecule has 0 fully saturated rings. The Kier molecular flexibility index (Phi) is 7.04. The van der Waals surface area contributed by atoms with E-state index in [9.17, 15) is 0 Å². The lowest BCUT2D eigenvalue weighted by Crippen LogP contribution is -2.16. The Morgan fingerprint density at radius 2 is 1.03 bits per heavy atom. The van der Waals surface area contributed by atoms with Crippen molar-refractivity contribution in [3.05, 3.63) is 137 Å². The van der Waals surface area contributed by atoms with Crippen LogP contribution in [-0.2, 0) is 5.41 Å². The van der Waals surface area contributed by atoms with Gasteiger partial charge < -0.3 is 4.90 Å². The molecule has 1 nitrogen and oxygen atoms in total. The summed E-state index contributed by atoms with van der Waals surface area (Å²) in [5.74, 6) is 0. The Bertz CT molecular complexity index is 1500. The van der Waals surface area contributed by atoms with Crippen molar-refractivity contribution in [2.45, 2.75) is 33.1 Å². The number of halogens is 1. The maximum Gasteiger partial charge on any atom is 0.0465 e. The third-order valence-corrected chi connectivity index (χ3v) is 7.67. The minimum Gasteiger partial charge on any atom is -0.310 e. The first kappa shape index (κ1) is 25.0. The van der Waals surface area contributed by atoms with Gasteiger partial charge in [-0.25, -0.2) is 0 Å². The average molecular weight is 547 g/mol. The maximum atomic E-state index is 3.60. The molecule has 2 heteroatoms. The maximum absolute atomic E-state index is 3.60. The van der Waals surface area contributed by atoms with Gasteiger partial charge in [0.05, 0.1) is 0 Å². The summed E-state index contributed by atoms with van der Waals surface area (Å²) in [7, 11) is 0. The van der Waals surface area contributed by atoms with Crippen LogP contribution in [0.2, 0.25) is 0 Å². The number of rotatable bonds is 4. The van der Waals surface area contributed by atoms with Crippen LogP contribution in [0.25, 0.3) is 22.3 Å². The molecule has 1 aliphatic carbocycles. The Morgan fingerprint density at radius 3 is 1.70 bits per heavy atom. The second-order valence-corrected chi connectivity index (χ2v) is 10.5. The standard InChI is InChI=1S/C33H26BrN.C2H6/c1-33(2)31-11-7-6-10-29(31)30-21-20-28(22-32(30)33)35(27-18-14-25(34)15-19-27)26-16-12-24(13-17-26)23-8-4-3-5-9-23;1-2/h3-22H,1-2H3;1-2H3. The van der Waals surface area contributed by atoms with Gasteiger partial charge in [-0.1, -0.05) is 116 Å². The molecule has 0 spiro atoms. The molecule has 184 valence electrons. The predicted octanol–water partition coefficient (Wildman–Crippen LogP) is 10.9. The van der Waals surface area contributed by atoms with E-state index in [1.165, 1.54) is 39.1 Å². The van der Waals surface area contributed by atoms with Gasteiger partial charge in [0.2, 0.25) is 0 Å². The van der Waals surface area contributed by atoms with Gasteiger partial charge in [0.25, 0.3) is 0 Å². The zero-order valence-electron chi connectivity index (χ0n) is 21.9. The Labute approximate surface area is 229 Å². The summed E-state index contributed by atoms with van der Waals surface area (Å²) in [4.78, 5) is 2.35. The van der Waals surface area contributed by atoms with Crippen LogP contribution in [0.3, 0.4) is 0 Å². The summed E-state index contributed by atoms with van der Waals surface area (Å²) in [6, 6.07) is 43.7. The third kappa shape index (κ3) is 4.63. The highest BCUT2D eigenvalue weighted by Gasteiger charge is 2.35. The molecule has 0 atom stereocenters. The highest BCUT2D eigenvalue weighted by molar-refractivity contribution is 9.10. The molecule has 0 heterocycles. The van der Waals surface area contributed by atoms with E-state index in [2.05, 4.69) is 156 Å². The molecule has 5 aromatic carbocycles. The summed E-state index contributed by atoms with van der Waals surface area (Å²) in [5.41, 5.74) is 11.3. The van der Waals surface area contributed by atoms with Gasteiger partial charge in [-0.3, -0.25) is 0 Å². The molecule has 0 unspecified atom stereocenters. The topological polar surface area (TPSA) is 3.24 Å². The van der Waals surface area contributed by atoms with E-state index in [1.54, 1.807) is 0 Å². The molecule has 0 amide bonds. The molecule has 0 aromatic heterocycles. The van der Waals surface area contributed by atoms with Gasteiger partial charge in [0.15, 0.2) is 0 Å². The smallest absolute Gasteiger partial charge is 0.0465 e. The normalized spacial score (nSPS) is 12.7. The predicted molar refractivity (Wildman–Crippen MR) is 163 cm³/mol. The SMILES string of the molecule is CC.CC1(C)c2ccccc2-c2ccc(N(c3ccc(Br)cc3)c3ccc(-c4ccccc4)cc3)cc21. The fourth-order valence-corrected chi connectivity index (χ4v) is 5.57. The van der Waals surface area contributed by atoms with Crippen LogP contribution in [0.4, 0.5) is 17.1 Å². The van der Waals surface area contributed by atoms with Crippen molar-refractivity contribution in [3.63, 3.8) is 0 Å². The van der Waals surface area contributed by atoms with Gasteiger partial charge >= 0.3 is 0 Å². The number of hydrogen-bond donors (Lipinski definition) is 0. The van der Waals surface area contributed by atoms with Crippen molar-refractivity contribution in [2.24, 2.45) is 0 Å². The highest BCUT2D eigenvalue weighted by Crippen LogP contribution is 2.50. The molecule has 37 heavy (non-hydrogen) atoms. The Morgan fingerprint density at radius 1 is 0.514 bits per heavy atom. The minimum atomic E-state index is -0.0372. The van der Waals surface area contributed by atoms with Gasteiger partial charge in [-0.2, -0.15) is 0 Å². The van der Waals surface area contributed by atoms with E-state index in [-0.39, 0.29) is 5.41 Å². The van der Waals surface area contributed by atoms with E-state index in [0.29, 0.717) is 0 Å². The molecular formula is C35H32BrN. The van der Waals surface area contributed by atoms with Crippen LogP contribution >= 0.6 is 15.9 Å². The summed E-state index contributed by atoms with van der Waals surface area (Å²) >= 11 is 3.60. The lowest BCUT2D eigenvalue weighted by atomic mass is 9.82. The van der Waals surface area contributed by atoms with Gasteiger partial charge in [-0.15, -0.1) is 0 Å². The van der Waals surface area contributed by atoms with E-state index in [4.69, 9.17) is 0 Å². The highest BCUT2D eigenvalue weighted by atomic mass is 79.9. The zero-order valence-corrected chi connectivity index (χ0v) is 23.5. The van der Waals surface area contributed by atoms with Gasteiger partial charge in [0.1, 0.15) is 0 Å². The summed E-state index contributed by atoms with van der Waals surface area (Å²) in [6.45, 7) is 8.67. The summed E-state index contributed by atoms with van der Waals surface area (Å²) < 4.78 is 1.08. The van der Waals surface area contributed by atoms with E-state index >= 15 is 0 Å². The number of benzene rings is 5. The number of fused-ring (bicyclic) bond motifs is 3. The molecule has 0 saturated heterocycles. The molecule has 0 bridgehead atoms. The molecule has 5 aromatic rings. The number of anilines is 3. The van der Waals surface area contributed by atoms with Crippen LogP contribution < -0.4 is 4.90 Å². The van der Waals surface area contributed by atoms with Crippen LogP contribution in [0, 0.1) is 0 Å². The van der Waals surface area contributed by atoms with E-state index in [0.717, 1.165) is 15.8 Å². The molecule has 6 rings (SSSR count). The van der Waals surface area contributed by atoms with Crippen LogP contribution in [0.15, 0.2) is 126 Å². The van der Waals surface area contributed by atoms with Crippen molar-refractivity contribution in [1.29, 1.82) is 0 Å². The zero-order chi connectivity index (χ0) is 26.0. The molecule has 0 radical (unpaired) electrons. The lowest BCUT2D eigenvalue weighted by Gasteiger charge is -2.28. The van der Waals surface area contributed by atoms with Crippen molar-refractivity contribution in [2.75, 3.05) is 4.90 Å². The lowest BCUT2D eigenvalue weighted by molar-refractivity contribution is 0.660. The summed E-state index contributed by atoms with van der Waals surface area (Å²) in [6.07, 6.45) is 0. The van der Waals surface area contributed by atoms with Crippen molar-refractivity contribution < 1.29 is 0 Å². The first-order valence-electron chi connectivity index (χ1n) is 13.0. The van der Waals surface area contributed by atoms with E-state index in [1.807, 2.05) is 13.8 Å². The van der Waals surface area contributed by atoms with Crippen molar-refractivity contribution in [3.8, 4) is 22.3 Å². The van der Waals surface area contributed by atoms with Crippen molar-refractivity contribution in [1.82, 2.24) is 0 Å². The monoisotopic (exact) mass is 545 g/mol. The number of hydrogen-bond acceptors (Lipinski definition) is 1. The largest absolute Gasteiger partial charge is 0.310 e. The van der Waals surface area contributed by atoms with Crippen molar-refractivity contribution >= 4 is 33.0 Å². The molecular weight excluding hydrogens is 514 g/mol. The first-order chi connectivity index (χ1) is 18.0. The Hall–Kier alpha value is -3.62. The average Bonchev–Trinajstić information content (AvgIpc) is 3.18. The fraction of sp³-hybridized carbons (Fsp3) is 0.143. The second-order valence-electron chi connectivity index (χ2n) is 9.63. The quantitative estimate of drug-likeness (QED) is 0.217. The first-order valence-corrected chi connectivity index (χ1v) is 13.8. The molecule has 0 saturated carbocycles. The third-order valence-electron chi connectivity index (χ3n) is 7.14. The fourth-order valence-electron chi connectivity index (χ4n) is 5.30. The minimum absolute atomic E-state index is 0.0372. The summed E-state index contributed by atoms with van der Waals surface area (Å²) in [5, 5.41) is 0. The van der Waals surface area contributed by atoms with Gasteiger partial charge in [0, 0.05) is 26.9 Å². The molecule has 0 aliphatic heterocycles. The van der Waals surface area contributed by atoms with Crippen LogP contribution in [-0.4, -0.2) is 0 Å². The molecule has 1 aliphatic rings. The second kappa shape index (κ2) is 10.4. The Balaban J connectivity index is 0.00000137. The van der Waals surface area contributed by atoms with Gasteiger partial charge in [-0.05, 0) is 81.9 Å². The van der Waals surface area contributed by atoms with Crippen LogP contribution in [0.5, 0.6) is 0 Å². The molecule has 0 N–H and O–H groups in total. The number of nitrogens with zero attached hydrogens (tertiary/aromatic N) is 1. The van der Waals surface area contributed by atoms with Crippen LogP contribution in [0.1, 0.15) is 38.8 Å². The van der Waals surface area contributed by atoms with E-state index < -0.39 is 0 Å².